The van der Waals surface area contributed by atoms with E-state index in [9.17, 15) is 9.18 Å². The van der Waals surface area contributed by atoms with Crippen LogP contribution in [-0.4, -0.2) is 18.9 Å². The summed E-state index contributed by atoms with van der Waals surface area (Å²) in [5.41, 5.74) is 0.112. The summed E-state index contributed by atoms with van der Waals surface area (Å²) in [5, 5.41) is 3.15. The Hall–Kier alpha value is -1.22. The van der Waals surface area contributed by atoms with Gasteiger partial charge in [-0.1, -0.05) is 24.3 Å². The lowest BCUT2D eigenvalue weighted by molar-refractivity contribution is 0.101. The van der Waals surface area contributed by atoms with Crippen molar-refractivity contribution in [2.45, 2.75) is 25.4 Å². The average Bonchev–Trinajstić information content (AvgIpc) is 2.30. The van der Waals surface area contributed by atoms with Gasteiger partial charge in [0.15, 0.2) is 5.78 Å². The number of alkyl halides is 1. The minimum Gasteiger partial charge on any atom is -0.316 e. The fourth-order valence-electron chi connectivity index (χ4n) is 2.12. The minimum atomic E-state index is -1.22. The smallest absolute Gasteiger partial charge is 0.159 e. The second-order valence-corrected chi connectivity index (χ2v) is 4.35. The molecule has 1 N–H and O–H groups in total. The summed E-state index contributed by atoms with van der Waals surface area (Å²) in [5.74, 6) is 0.0183. The molecule has 3 heteroatoms. The highest BCUT2D eigenvalue weighted by Crippen LogP contribution is 2.34. The van der Waals surface area contributed by atoms with Crippen LogP contribution in [0.15, 0.2) is 24.3 Å². The maximum absolute atomic E-state index is 14.5. The zero-order valence-electron chi connectivity index (χ0n) is 9.42. The first kappa shape index (κ1) is 11.3. The summed E-state index contributed by atoms with van der Waals surface area (Å²) in [7, 11) is 0. The van der Waals surface area contributed by atoms with Crippen molar-refractivity contribution in [1.29, 1.82) is 0 Å². The quantitative estimate of drug-likeness (QED) is 0.777. The van der Waals surface area contributed by atoms with Crippen molar-refractivity contribution in [3.8, 4) is 0 Å². The summed E-state index contributed by atoms with van der Waals surface area (Å²) in [6.45, 7) is 2.95. The van der Waals surface area contributed by atoms with Gasteiger partial charge in [-0.25, -0.2) is 4.39 Å². The summed E-state index contributed by atoms with van der Waals surface area (Å²) in [6.07, 6.45) is 1.01. The molecule has 1 aromatic carbocycles. The van der Waals surface area contributed by atoms with Gasteiger partial charge in [0.05, 0.1) is 0 Å². The predicted octanol–water partition coefficient (Wildman–Crippen LogP) is 2.44. The number of carbonyl (C=O) groups excluding carboxylic acids is 1. The van der Waals surface area contributed by atoms with Crippen molar-refractivity contribution in [2.24, 2.45) is 0 Å². The first-order valence-electron chi connectivity index (χ1n) is 5.63. The number of piperidine rings is 1. The highest BCUT2D eigenvalue weighted by molar-refractivity contribution is 5.94. The molecule has 2 rings (SSSR count). The second-order valence-electron chi connectivity index (χ2n) is 4.35. The number of ketones is 1. The van der Waals surface area contributed by atoms with Crippen LogP contribution in [0.2, 0.25) is 0 Å². The summed E-state index contributed by atoms with van der Waals surface area (Å²) in [6, 6.07) is 6.90. The van der Waals surface area contributed by atoms with Crippen LogP contribution >= 0.6 is 0 Å². The Bertz CT molecular complexity index is 379. The Kier molecular flexibility index (Phi) is 3.06. The third-order valence-corrected chi connectivity index (χ3v) is 3.20. The number of benzene rings is 1. The van der Waals surface area contributed by atoms with E-state index in [0.717, 1.165) is 0 Å². The molecule has 0 saturated carbocycles. The fraction of sp³-hybridized carbons (Fsp3) is 0.462. The molecule has 16 heavy (non-hydrogen) atoms. The molecule has 1 fully saturated rings. The molecule has 0 aromatic heterocycles. The van der Waals surface area contributed by atoms with Gasteiger partial charge in [-0.2, -0.15) is 0 Å². The molecule has 1 aromatic rings. The number of nitrogens with one attached hydrogen (secondary N) is 1. The highest BCUT2D eigenvalue weighted by Gasteiger charge is 2.33. The third-order valence-electron chi connectivity index (χ3n) is 3.20. The number of rotatable bonds is 2. The van der Waals surface area contributed by atoms with Crippen molar-refractivity contribution in [3.05, 3.63) is 35.4 Å². The van der Waals surface area contributed by atoms with Crippen molar-refractivity contribution in [2.75, 3.05) is 13.1 Å². The fourth-order valence-corrected chi connectivity index (χ4v) is 2.12. The number of hydrogen-bond acceptors (Lipinski definition) is 2. The average molecular weight is 221 g/mol. The van der Waals surface area contributed by atoms with Crippen LogP contribution in [0.5, 0.6) is 0 Å². The van der Waals surface area contributed by atoms with Gasteiger partial charge < -0.3 is 5.32 Å². The number of hydrogen-bond donors (Lipinski definition) is 1. The topological polar surface area (TPSA) is 29.1 Å². The van der Waals surface area contributed by atoms with E-state index < -0.39 is 5.67 Å². The van der Waals surface area contributed by atoms with Crippen LogP contribution in [-0.2, 0) is 5.67 Å². The van der Waals surface area contributed by atoms with Crippen LogP contribution in [0.4, 0.5) is 4.39 Å². The van der Waals surface area contributed by atoms with E-state index in [2.05, 4.69) is 5.32 Å². The van der Waals surface area contributed by atoms with Crippen LogP contribution in [0.1, 0.15) is 35.7 Å². The zero-order chi connectivity index (χ0) is 11.6. The van der Waals surface area contributed by atoms with E-state index in [1.165, 1.54) is 6.92 Å². The van der Waals surface area contributed by atoms with Crippen molar-refractivity contribution >= 4 is 5.78 Å². The van der Waals surface area contributed by atoms with E-state index in [4.69, 9.17) is 0 Å². The van der Waals surface area contributed by atoms with Crippen LogP contribution in [0.3, 0.4) is 0 Å². The Morgan fingerprint density at radius 2 is 1.81 bits per heavy atom. The number of Topliss-reactive ketones (excluding diaryl/α,β-unsaturated/α-hetero) is 1. The molecule has 1 heterocycles. The van der Waals surface area contributed by atoms with Crippen molar-refractivity contribution in [3.63, 3.8) is 0 Å². The van der Waals surface area contributed by atoms with Crippen molar-refractivity contribution in [1.82, 2.24) is 5.32 Å². The monoisotopic (exact) mass is 221 g/mol. The molecule has 1 saturated heterocycles. The van der Waals surface area contributed by atoms with Crippen LogP contribution < -0.4 is 5.32 Å². The molecule has 0 unspecified atom stereocenters. The zero-order valence-corrected chi connectivity index (χ0v) is 9.42. The Balaban J connectivity index is 2.23. The summed E-state index contributed by atoms with van der Waals surface area (Å²) >= 11 is 0. The molecule has 0 atom stereocenters. The Labute approximate surface area is 94.9 Å². The molecule has 2 nitrogen and oxygen atoms in total. The summed E-state index contributed by atoms with van der Waals surface area (Å²) in [4.78, 5) is 11.1. The number of halogens is 1. The standard InChI is InChI=1S/C13H16FNO/c1-10(16)11-2-4-12(5-3-11)13(14)6-8-15-9-7-13/h2-5,15H,6-9H2,1H3. The third kappa shape index (κ3) is 2.14. The molecule has 0 radical (unpaired) electrons. The first-order valence-corrected chi connectivity index (χ1v) is 5.63. The van der Waals surface area contributed by atoms with E-state index in [0.29, 0.717) is 37.1 Å². The van der Waals surface area contributed by atoms with Gasteiger partial charge in [0, 0.05) is 5.56 Å². The maximum Gasteiger partial charge on any atom is 0.159 e. The molecule has 1 aliphatic rings. The molecular weight excluding hydrogens is 205 g/mol. The van der Waals surface area contributed by atoms with Gasteiger partial charge >= 0.3 is 0 Å². The second kappa shape index (κ2) is 4.34. The van der Waals surface area contributed by atoms with Gasteiger partial charge in [0.25, 0.3) is 0 Å². The lowest BCUT2D eigenvalue weighted by Gasteiger charge is -2.30. The molecule has 1 aliphatic heterocycles. The molecule has 0 bridgehead atoms. The summed E-state index contributed by atoms with van der Waals surface area (Å²) < 4.78 is 14.5. The maximum atomic E-state index is 14.5. The van der Waals surface area contributed by atoms with Crippen molar-refractivity contribution < 1.29 is 9.18 Å². The van der Waals surface area contributed by atoms with E-state index >= 15 is 0 Å². The SMILES string of the molecule is CC(=O)c1ccc(C2(F)CCNCC2)cc1. The lowest BCUT2D eigenvalue weighted by Crippen LogP contribution is -2.36. The largest absolute Gasteiger partial charge is 0.316 e. The predicted molar refractivity (Wildman–Crippen MR) is 61.3 cm³/mol. The van der Waals surface area contributed by atoms with Gasteiger partial charge in [0.2, 0.25) is 0 Å². The Morgan fingerprint density at radius 3 is 2.31 bits per heavy atom. The van der Waals surface area contributed by atoms with Crippen LogP contribution in [0, 0.1) is 0 Å². The highest BCUT2D eigenvalue weighted by atomic mass is 19.1. The van der Waals surface area contributed by atoms with E-state index in [1.807, 2.05) is 0 Å². The molecule has 0 amide bonds. The molecule has 0 aliphatic carbocycles. The Morgan fingerprint density at radius 1 is 1.25 bits per heavy atom. The van der Waals surface area contributed by atoms with Gasteiger partial charge in [-0.3, -0.25) is 4.79 Å². The van der Waals surface area contributed by atoms with Crippen LogP contribution in [0.25, 0.3) is 0 Å². The van der Waals surface area contributed by atoms with Gasteiger partial charge in [-0.05, 0) is 38.4 Å². The lowest BCUT2D eigenvalue weighted by atomic mass is 9.86. The number of carbonyl (C=O) groups is 1. The van der Waals surface area contributed by atoms with Gasteiger partial charge in [-0.15, -0.1) is 0 Å². The normalized spacial score (nSPS) is 19.4. The first-order chi connectivity index (χ1) is 7.62. The molecular formula is C13H16FNO. The molecule has 0 spiro atoms. The van der Waals surface area contributed by atoms with E-state index in [1.54, 1.807) is 24.3 Å². The molecule has 86 valence electrons. The minimum absolute atomic E-state index is 0.0183. The van der Waals surface area contributed by atoms with Gasteiger partial charge in [0.1, 0.15) is 5.67 Å². The van der Waals surface area contributed by atoms with E-state index in [-0.39, 0.29) is 5.78 Å².